The molecular formula is C21H31F2N9S. The molecule has 0 saturated heterocycles. The zero-order valence-corrected chi connectivity index (χ0v) is 20.1. The molecule has 0 spiro atoms. The molecule has 1 fully saturated rings. The number of nitrogens with one attached hydrogen (secondary N) is 2. The summed E-state index contributed by atoms with van der Waals surface area (Å²) >= 11 is 1.64. The quantitative estimate of drug-likeness (QED) is 0.418. The van der Waals surface area contributed by atoms with Gasteiger partial charge in [0.25, 0.3) is 0 Å². The predicted octanol–water partition coefficient (Wildman–Crippen LogP) is 4.18. The van der Waals surface area contributed by atoms with Gasteiger partial charge in [0, 0.05) is 26.1 Å². The molecule has 0 amide bonds. The third kappa shape index (κ3) is 5.36. The average molecular weight is 480 g/mol. The van der Waals surface area contributed by atoms with Gasteiger partial charge in [-0.25, -0.2) is 13.8 Å². The summed E-state index contributed by atoms with van der Waals surface area (Å²) in [6, 6.07) is 0. The van der Waals surface area contributed by atoms with Crippen LogP contribution >= 0.6 is 11.8 Å². The Balaban J connectivity index is 1.47. The smallest absolute Gasteiger partial charge is 0.241 e. The third-order valence-electron chi connectivity index (χ3n) is 6.21. The van der Waals surface area contributed by atoms with E-state index >= 15 is 0 Å². The number of aromatic nitrogens is 7. The summed E-state index contributed by atoms with van der Waals surface area (Å²) in [4.78, 5) is 13.8. The van der Waals surface area contributed by atoms with E-state index in [0.29, 0.717) is 49.1 Å². The van der Waals surface area contributed by atoms with Crippen LogP contribution in [0.4, 0.5) is 20.5 Å². The fourth-order valence-electron chi connectivity index (χ4n) is 4.18. The van der Waals surface area contributed by atoms with Crippen LogP contribution in [0.1, 0.15) is 45.4 Å². The van der Waals surface area contributed by atoms with Crippen LogP contribution in [-0.4, -0.2) is 53.0 Å². The number of alkyl halides is 2. The van der Waals surface area contributed by atoms with E-state index in [0.717, 1.165) is 41.8 Å². The van der Waals surface area contributed by atoms with Gasteiger partial charge >= 0.3 is 0 Å². The number of thioether (sulfide) groups is 1. The highest BCUT2D eigenvalue weighted by Crippen LogP contribution is 2.33. The highest BCUT2D eigenvalue weighted by Gasteiger charge is 2.27. The van der Waals surface area contributed by atoms with Crippen LogP contribution in [-0.2, 0) is 20.1 Å². The van der Waals surface area contributed by atoms with Crippen molar-refractivity contribution in [3.63, 3.8) is 0 Å². The summed E-state index contributed by atoms with van der Waals surface area (Å²) in [5.41, 5.74) is 1.46. The second kappa shape index (κ2) is 10.6. The number of anilines is 2. The highest BCUT2D eigenvalue weighted by atomic mass is 32.2. The van der Waals surface area contributed by atoms with Gasteiger partial charge in [-0.05, 0) is 44.3 Å². The molecule has 3 aromatic heterocycles. The lowest BCUT2D eigenvalue weighted by Gasteiger charge is -2.28. The maximum absolute atomic E-state index is 13.0. The molecule has 3 aromatic rings. The Morgan fingerprint density at radius 2 is 1.91 bits per heavy atom. The van der Waals surface area contributed by atoms with E-state index in [1.807, 2.05) is 23.1 Å². The minimum atomic E-state index is -2.21. The molecule has 33 heavy (non-hydrogen) atoms. The van der Waals surface area contributed by atoms with Crippen molar-refractivity contribution in [1.29, 1.82) is 0 Å². The van der Waals surface area contributed by atoms with Crippen LogP contribution in [0.2, 0.25) is 0 Å². The number of fused-ring (bicyclic) bond motifs is 1. The molecule has 0 radical (unpaired) electrons. The maximum Gasteiger partial charge on any atom is 0.241 e. The SMILES string of the molecule is CCSc1nnc(CNc2nc(NCC3CCC(C(F)F)CC3)c3ncn(CC)c3n2)n1C. The number of hydrogen-bond donors (Lipinski definition) is 2. The van der Waals surface area contributed by atoms with E-state index in [1.165, 1.54) is 0 Å². The monoisotopic (exact) mass is 479 g/mol. The molecule has 0 atom stereocenters. The van der Waals surface area contributed by atoms with Gasteiger partial charge < -0.3 is 19.8 Å². The first-order valence-corrected chi connectivity index (χ1v) is 12.5. The van der Waals surface area contributed by atoms with Crippen molar-refractivity contribution in [2.45, 2.75) is 64.2 Å². The molecule has 1 aliphatic rings. The van der Waals surface area contributed by atoms with Crippen molar-refractivity contribution in [2.75, 3.05) is 22.9 Å². The van der Waals surface area contributed by atoms with E-state index in [9.17, 15) is 8.78 Å². The summed E-state index contributed by atoms with van der Waals surface area (Å²) in [5.74, 6) is 2.76. The maximum atomic E-state index is 13.0. The van der Waals surface area contributed by atoms with E-state index in [4.69, 9.17) is 0 Å². The fraction of sp³-hybridized carbons (Fsp3) is 0.667. The van der Waals surface area contributed by atoms with E-state index in [2.05, 4.69) is 42.7 Å². The van der Waals surface area contributed by atoms with Crippen LogP contribution in [0, 0.1) is 11.8 Å². The molecule has 2 N–H and O–H groups in total. The van der Waals surface area contributed by atoms with Crippen molar-refractivity contribution < 1.29 is 8.78 Å². The molecule has 0 unspecified atom stereocenters. The topological polar surface area (TPSA) is 98.4 Å². The van der Waals surface area contributed by atoms with Gasteiger partial charge in [0.1, 0.15) is 0 Å². The number of nitrogens with zero attached hydrogens (tertiary/aromatic N) is 7. The molecule has 0 bridgehead atoms. The summed E-state index contributed by atoms with van der Waals surface area (Å²) < 4.78 is 29.8. The summed E-state index contributed by atoms with van der Waals surface area (Å²) in [5, 5.41) is 16.0. The first kappa shape index (κ1) is 23.7. The molecule has 9 nitrogen and oxygen atoms in total. The van der Waals surface area contributed by atoms with Crippen LogP contribution in [0.15, 0.2) is 11.5 Å². The van der Waals surface area contributed by atoms with Gasteiger partial charge in [0.05, 0.1) is 12.9 Å². The minimum Gasteiger partial charge on any atom is -0.368 e. The Hall–Kier alpha value is -2.50. The van der Waals surface area contributed by atoms with Crippen molar-refractivity contribution in [3.8, 4) is 0 Å². The Kier molecular flexibility index (Phi) is 7.61. The lowest BCUT2D eigenvalue weighted by molar-refractivity contribution is 0.0478. The summed E-state index contributed by atoms with van der Waals surface area (Å²) in [6.07, 6.45) is 2.31. The number of aryl methyl sites for hydroxylation is 1. The molecule has 3 heterocycles. The lowest BCUT2D eigenvalue weighted by Crippen LogP contribution is -2.25. The molecule has 1 saturated carbocycles. The Bertz CT molecular complexity index is 1060. The van der Waals surface area contributed by atoms with Crippen molar-refractivity contribution >= 4 is 34.7 Å². The number of hydrogen-bond acceptors (Lipinski definition) is 8. The van der Waals surface area contributed by atoms with Crippen LogP contribution in [0.3, 0.4) is 0 Å². The lowest BCUT2D eigenvalue weighted by atomic mass is 9.82. The molecular weight excluding hydrogens is 448 g/mol. The molecule has 4 rings (SSSR count). The second-order valence-corrected chi connectivity index (χ2v) is 9.57. The first-order chi connectivity index (χ1) is 16.0. The molecule has 180 valence electrons. The Morgan fingerprint density at radius 1 is 1.12 bits per heavy atom. The number of halogens is 2. The van der Waals surface area contributed by atoms with Crippen molar-refractivity contribution in [1.82, 2.24) is 34.3 Å². The van der Waals surface area contributed by atoms with Crippen LogP contribution in [0.5, 0.6) is 0 Å². The number of rotatable bonds is 10. The summed E-state index contributed by atoms with van der Waals surface area (Å²) in [7, 11) is 1.95. The summed E-state index contributed by atoms with van der Waals surface area (Å²) in [6.45, 7) is 5.98. The Morgan fingerprint density at radius 3 is 2.61 bits per heavy atom. The number of imidazole rings is 1. The van der Waals surface area contributed by atoms with Crippen LogP contribution < -0.4 is 10.6 Å². The molecule has 0 aromatic carbocycles. The minimum absolute atomic E-state index is 0.350. The van der Waals surface area contributed by atoms with Gasteiger partial charge in [-0.2, -0.15) is 9.97 Å². The van der Waals surface area contributed by atoms with E-state index in [-0.39, 0.29) is 0 Å². The standard InChI is InChI=1S/C21H31F2N9S/c1-4-32-12-26-16-18(24-10-13-6-8-14(9-7-13)17(22)23)27-20(28-19(16)32)25-11-15-29-30-21(31(15)3)33-5-2/h12-14,17H,4-11H2,1-3H3,(H2,24,25,27,28). The predicted molar refractivity (Wildman–Crippen MR) is 126 cm³/mol. The van der Waals surface area contributed by atoms with Crippen LogP contribution in [0.25, 0.3) is 11.2 Å². The van der Waals surface area contributed by atoms with Gasteiger partial charge in [0.2, 0.25) is 12.4 Å². The van der Waals surface area contributed by atoms with Crippen molar-refractivity contribution in [3.05, 3.63) is 12.2 Å². The second-order valence-electron chi connectivity index (χ2n) is 8.34. The van der Waals surface area contributed by atoms with Gasteiger partial charge in [-0.3, -0.25) is 0 Å². The third-order valence-corrected chi connectivity index (χ3v) is 7.12. The zero-order chi connectivity index (χ0) is 23.4. The zero-order valence-electron chi connectivity index (χ0n) is 19.3. The Labute approximate surface area is 196 Å². The van der Waals surface area contributed by atoms with E-state index < -0.39 is 12.3 Å². The van der Waals surface area contributed by atoms with Gasteiger partial charge in [-0.15, -0.1) is 10.2 Å². The van der Waals surface area contributed by atoms with Gasteiger partial charge in [-0.1, -0.05) is 18.7 Å². The average Bonchev–Trinajstić information content (AvgIpc) is 3.40. The first-order valence-electron chi connectivity index (χ1n) is 11.5. The van der Waals surface area contributed by atoms with Gasteiger partial charge in [0.15, 0.2) is 28.0 Å². The van der Waals surface area contributed by atoms with Crippen molar-refractivity contribution in [2.24, 2.45) is 18.9 Å². The molecule has 1 aliphatic carbocycles. The fourth-order valence-corrected chi connectivity index (χ4v) is 4.83. The van der Waals surface area contributed by atoms with E-state index in [1.54, 1.807) is 18.1 Å². The normalized spacial score (nSPS) is 18.8. The highest BCUT2D eigenvalue weighted by molar-refractivity contribution is 7.99. The molecule has 12 heteroatoms. The largest absolute Gasteiger partial charge is 0.368 e. The molecule has 0 aliphatic heterocycles.